The average molecular weight is 226 g/mol. The highest BCUT2D eigenvalue weighted by Crippen LogP contribution is 2.25. The van der Waals surface area contributed by atoms with Gasteiger partial charge in [0.25, 0.3) is 0 Å². The maximum Gasteiger partial charge on any atom is 0.0593 e. The van der Waals surface area contributed by atoms with E-state index in [0.29, 0.717) is 6.10 Å². The van der Waals surface area contributed by atoms with Crippen LogP contribution in [0, 0.1) is 0 Å². The third kappa shape index (κ3) is 3.01. The fourth-order valence-electron chi connectivity index (χ4n) is 2.03. The summed E-state index contributed by atoms with van der Waals surface area (Å²) < 4.78 is 5.72. The lowest BCUT2D eigenvalue weighted by molar-refractivity contribution is 0.00505. The number of nitrogens with one attached hydrogen (secondary N) is 1. The zero-order valence-corrected chi connectivity index (χ0v) is 9.63. The molecule has 1 saturated heterocycles. The smallest absolute Gasteiger partial charge is 0.0593 e. The summed E-state index contributed by atoms with van der Waals surface area (Å²) in [5.41, 5.74) is 4.15. The van der Waals surface area contributed by atoms with E-state index in [1.54, 1.807) is 11.3 Å². The van der Waals surface area contributed by atoms with Crippen molar-refractivity contribution in [2.75, 3.05) is 6.61 Å². The number of hydrogen-bond donors (Lipinski definition) is 2. The van der Waals surface area contributed by atoms with E-state index < -0.39 is 0 Å². The molecule has 2 heterocycles. The summed E-state index contributed by atoms with van der Waals surface area (Å²) in [6, 6.07) is 2.36. The van der Waals surface area contributed by atoms with Gasteiger partial charge in [-0.3, -0.25) is 11.3 Å². The molecular formula is C11H18N2OS. The summed E-state index contributed by atoms with van der Waals surface area (Å²) in [6.07, 6.45) is 5.01. The Morgan fingerprint density at radius 2 is 2.53 bits per heavy atom. The van der Waals surface area contributed by atoms with Crippen LogP contribution in [0.2, 0.25) is 0 Å². The summed E-state index contributed by atoms with van der Waals surface area (Å²) in [4.78, 5) is 0. The van der Waals surface area contributed by atoms with Crippen LogP contribution in [-0.4, -0.2) is 12.7 Å². The summed E-state index contributed by atoms with van der Waals surface area (Å²) in [5.74, 6) is 5.58. The number of rotatable bonds is 4. The zero-order chi connectivity index (χ0) is 10.5. The lowest BCUT2D eigenvalue weighted by Crippen LogP contribution is -2.32. The van der Waals surface area contributed by atoms with Crippen LogP contribution in [0.25, 0.3) is 0 Å². The molecule has 2 atom stereocenters. The number of nitrogens with two attached hydrogens (primary N) is 1. The molecule has 2 rings (SSSR count). The monoisotopic (exact) mass is 226 g/mol. The van der Waals surface area contributed by atoms with Crippen molar-refractivity contribution >= 4 is 11.3 Å². The molecule has 3 N–H and O–H groups in total. The molecule has 0 aromatic carbocycles. The van der Waals surface area contributed by atoms with Crippen molar-refractivity contribution in [2.45, 2.75) is 37.8 Å². The predicted molar refractivity (Wildman–Crippen MR) is 62.6 cm³/mol. The predicted octanol–water partition coefficient (Wildman–Crippen LogP) is 2.21. The number of thiophene rings is 1. The maximum atomic E-state index is 5.72. The van der Waals surface area contributed by atoms with E-state index in [1.807, 2.05) is 0 Å². The molecule has 1 fully saturated rings. The van der Waals surface area contributed by atoms with Gasteiger partial charge in [0.2, 0.25) is 0 Å². The molecule has 2 unspecified atom stereocenters. The second-order valence-corrected chi connectivity index (χ2v) is 4.78. The van der Waals surface area contributed by atoms with Crippen LogP contribution in [0.4, 0.5) is 0 Å². The summed E-state index contributed by atoms with van der Waals surface area (Å²) in [5, 5.41) is 4.23. The highest BCUT2D eigenvalue weighted by molar-refractivity contribution is 7.07. The Kier molecular flexibility index (Phi) is 4.14. The standard InChI is InChI=1S/C11H18N2OS/c12-13-11(9-4-6-15-8-9)7-10-3-1-2-5-14-10/h4,6,8,10-11,13H,1-3,5,7,12H2. The number of hydrogen-bond acceptors (Lipinski definition) is 4. The normalized spacial score (nSPS) is 23.9. The van der Waals surface area contributed by atoms with Gasteiger partial charge in [-0.1, -0.05) is 0 Å². The van der Waals surface area contributed by atoms with Crippen LogP contribution >= 0.6 is 11.3 Å². The molecule has 84 valence electrons. The molecule has 1 aliphatic rings. The lowest BCUT2D eigenvalue weighted by Gasteiger charge is -2.26. The fourth-order valence-corrected chi connectivity index (χ4v) is 2.74. The van der Waals surface area contributed by atoms with Crippen molar-refractivity contribution in [1.29, 1.82) is 0 Å². The summed E-state index contributed by atoms with van der Waals surface area (Å²) in [6.45, 7) is 0.908. The SMILES string of the molecule is NNC(CC1CCCCO1)c1ccsc1. The van der Waals surface area contributed by atoms with Crippen LogP contribution in [0.3, 0.4) is 0 Å². The van der Waals surface area contributed by atoms with E-state index in [0.717, 1.165) is 13.0 Å². The molecule has 1 aliphatic heterocycles. The third-order valence-corrected chi connectivity index (χ3v) is 3.62. The van der Waals surface area contributed by atoms with E-state index in [1.165, 1.54) is 24.8 Å². The minimum absolute atomic E-state index is 0.236. The molecule has 0 amide bonds. The van der Waals surface area contributed by atoms with Crippen molar-refractivity contribution in [3.63, 3.8) is 0 Å². The quantitative estimate of drug-likeness (QED) is 0.611. The average Bonchev–Trinajstić information content (AvgIpc) is 2.81. The van der Waals surface area contributed by atoms with E-state index in [4.69, 9.17) is 10.6 Å². The Morgan fingerprint density at radius 1 is 1.60 bits per heavy atom. The highest BCUT2D eigenvalue weighted by Gasteiger charge is 2.20. The van der Waals surface area contributed by atoms with Gasteiger partial charge >= 0.3 is 0 Å². The van der Waals surface area contributed by atoms with Crippen LogP contribution in [0.5, 0.6) is 0 Å². The fraction of sp³-hybridized carbons (Fsp3) is 0.636. The first kappa shape index (κ1) is 11.1. The Morgan fingerprint density at radius 3 is 3.13 bits per heavy atom. The van der Waals surface area contributed by atoms with Gasteiger partial charge in [0.05, 0.1) is 6.10 Å². The van der Waals surface area contributed by atoms with Crippen molar-refractivity contribution in [2.24, 2.45) is 5.84 Å². The summed E-state index contributed by atoms with van der Waals surface area (Å²) in [7, 11) is 0. The van der Waals surface area contributed by atoms with Gasteiger partial charge in [-0.2, -0.15) is 11.3 Å². The molecule has 0 radical (unpaired) electrons. The number of hydrazine groups is 1. The highest BCUT2D eigenvalue weighted by atomic mass is 32.1. The largest absolute Gasteiger partial charge is 0.378 e. The van der Waals surface area contributed by atoms with E-state index in [2.05, 4.69) is 22.3 Å². The molecule has 0 saturated carbocycles. The van der Waals surface area contributed by atoms with E-state index in [9.17, 15) is 0 Å². The molecule has 0 spiro atoms. The van der Waals surface area contributed by atoms with Crippen LogP contribution in [0.1, 0.15) is 37.3 Å². The molecule has 1 aromatic heterocycles. The van der Waals surface area contributed by atoms with Crippen molar-refractivity contribution in [3.05, 3.63) is 22.4 Å². The van der Waals surface area contributed by atoms with Gasteiger partial charge in [0.1, 0.15) is 0 Å². The second kappa shape index (κ2) is 5.61. The second-order valence-electron chi connectivity index (χ2n) is 4.00. The van der Waals surface area contributed by atoms with Crippen molar-refractivity contribution in [1.82, 2.24) is 5.43 Å². The Bertz CT molecular complexity index is 270. The maximum absolute atomic E-state index is 5.72. The van der Waals surface area contributed by atoms with Crippen LogP contribution in [-0.2, 0) is 4.74 Å². The first-order chi connectivity index (χ1) is 7.40. The first-order valence-corrected chi connectivity index (χ1v) is 6.44. The van der Waals surface area contributed by atoms with Crippen LogP contribution in [0.15, 0.2) is 16.8 Å². The van der Waals surface area contributed by atoms with Gasteiger partial charge < -0.3 is 4.74 Å². The first-order valence-electron chi connectivity index (χ1n) is 5.50. The summed E-state index contributed by atoms with van der Waals surface area (Å²) >= 11 is 1.71. The Labute approximate surface area is 94.6 Å². The lowest BCUT2D eigenvalue weighted by atomic mass is 9.99. The Hall–Kier alpha value is -0.420. The number of ether oxygens (including phenoxy) is 1. The minimum Gasteiger partial charge on any atom is -0.378 e. The van der Waals surface area contributed by atoms with Crippen LogP contribution < -0.4 is 11.3 Å². The molecular weight excluding hydrogens is 208 g/mol. The van der Waals surface area contributed by atoms with Gasteiger partial charge in [0.15, 0.2) is 0 Å². The van der Waals surface area contributed by atoms with Gasteiger partial charge in [0, 0.05) is 12.6 Å². The molecule has 3 nitrogen and oxygen atoms in total. The van der Waals surface area contributed by atoms with Crippen molar-refractivity contribution in [3.8, 4) is 0 Å². The minimum atomic E-state index is 0.236. The molecule has 1 aromatic rings. The third-order valence-electron chi connectivity index (χ3n) is 2.92. The van der Waals surface area contributed by atoms with Gasteiger partial charge in [-0.15, -0.1) is 0 Å². The van der Waals surface area contributed by atoms with E-state index in [-0.39, 0.29) is 6.04 Å². The molecule has 0 bridgehead atoms. The van der Waals surface area contributed by atoms with Crippen molar-refractivity contribution < 1.29 is 4.74 Å². The Balaban J connectivity index is 1.90. The topological polar surface area (TPSA) is 47.3 Å². The molecule has 0 aliphatic carbocycles. The zero-order valence-electron chi connectivity index (χ0n) is 8.82. The molecule has 4 heteroatoms. The molecule has 15 heavy (non-hydrogen) atoms. The van der Waals surface area contributed by atoms with Gasteiger partial charge in [-0.25, -0.2) is 0 Å². The van der Waals surface area contributed by atoms with E-state index >= 15 is 0 Å². The van der Waals surface area contributed by atoms with Gasteiger partial charge in [-0.05, 0) is 48.1 Å².